The summed E-state index contributed by atoms with van der Waals surface area (Å²) < 4.78 is 5.14. The minimum atomic E-state index is -0.444. The van der Waals surface area contributed by atoms with Crippen molar-refractivity contribution in [2.24, 2.45) is 0 Å². The largest absolute Gasteiger partial charge is 0.444 e. The van der Waals surface area contributed by atoms with Gasteiger partial charge in [0.2, 0.25) is 0 Å². The number of hydrogen-bond acceptors (Lipinski definition) is 4. The van der Waals surface area contributed by atoms with Crippen molar-refractivity contribution in [2.45, 2.75) is 46.1 Å². The third-order valence-corrected chi connectivity index (χ3v) is 2.70. The number of aromatic nitrogens is 2. The third kappa shape index (κ3) is 7.13. The third-order valence-electron chi connectivity index (χ3n) is 2.70. The van der Waals surface area contributed by atoms with E-state index < -0.39 is 5.60 Å². The Labute approximate surface area is 120 Å². The molecule has 0 spiro atoms. The average Bonchev–Trinajstić information content (AvgIpc) is 2.71. The van der Waals surface area contributed by atoms with Gasteiger partial charge in [-0.05, 0) is 52.6 Å². The Morgan fingerprint density at radius 3 is 2.70 bits per heavy atom. The fourth-order valence-corrected chi connectivity index (χ4v) is 1.72. The Bertz CT molecular complexity index is 410. The second kappa shape index (κ2) is 7.89. The van der Waals surface area contributed by atoms with Crippen LogP contribution in [0, 0.1) is 6.92 Å². The second-order valence-electron chi connectivity index (χ2n) is 5.80. The summed E-state index contributed by atoms with van der Waals surface area (Å²) >= 11 is 0. The molecule has 0 unspecified atom stereocenters. The van der Waals surface area contributed by atoms with Gasteiger partial charge < -0.3 is 15.4 Å². The zero-order valence-corrected chi connectivity index (χ0v) is 12.9. The van der Waals surface area contributed by atoms with Crippen molar-refractivity contribution in [1.82, 2.24) is 20.8 Å². The van der Waals surface area contributed by atoms with E-state index in [-0.39, 0.29) is 6.09 Å². The number of aromatic amines is 1. The number of alkyl carbamates (subject to hydrolysis) is 1. The maximum Gasteiger partial charge on any atom is 0.407 e. The molecule has 0 saturated carbocycles. The Balaban J connectivity index is 1.98. The van der Waals surface area contributed by atoms with Crippen LogP contribution >= 0.6 is 0 Å². The summed E-state index contributed by atoms with van der Waals surface area (Å²) in [6.07, 6.45) is 3.56. The van der Waals surface area contributed by atoms with Gasteiger partial charge in [-0.3, -0.25) is 5.10 Å². The first kappa shape index (κ1) is 16.5. The number of carbonyl (C=O) groups is 1. The van der Waals surface area contributed by atoms with Crippen molar-refractivity contribution in [2.75, 3.05) is 19.6 Å². The standard InChI is InChI=1S/C14H26N4O2/c1-11-12(10-17-18-11)6-5-7-15-8-9-16-13(19)20-14(2,3)4/h10,15H,5-9H2,1-4H3,(H,16,19)(H,17,18). The Morgan fingerprint density at radius 2 is 2.10 bits per heavy atom. The molecule has 3 N–H and O–H groups in total. The monoisotopic (exact) mass is 282 g/mol. The number of rotatable bonds is 7. The smallest absolute Gasteiger partial charge is 0.407 e. The van der Waals surface area contributed by atoms with E-state index in [0.717, 1.165) is 31.6 Å². The highest BCUT2D eigenvalue weighted by molar-refractivity contribution is 5.67. The molecule has 0 atom stereocenters. The number of aryl methyl sites for hydroxylation is 2. The van der Waals surface area contributed by atoms with Crippen LogP contribution in [0.4, 0.5) is 4.79 Å². The molecule has 1 aromatic heterocycles. The van der Waals surface area contributed by atoms with E-state index in [4.69, 9.17) is 4.74 Å². The molecule has 0 aromatic carbocycles. The summed E-state index contributed by atoms with van der Waals surface area (Å²) in [5.41, 5.74) is 1.95. The maximum atomic E-state index is 11.4. The normalized spacial score (nSPS) is 11.4. The van der Waals surface area contributed by atoms with E-state index in [2.05, 4.69) is 20.8 Å². The van der Waals surface area contributed by atoms with Crippen LogP contribution in [0.3, 0.4) is 0 Å². The van der Waals surface area contributed by atoms with E-state index in [1.165, 1.54) is 5.56 Å². The van der Waals surface area contributed by atoms with Crippen LogP contribution in [-0.4, -0.2) is 41.5 Å². The van der Waals surface area contributed by atoms with Crippen LogP contribution in [0.1, 0.15) is 38.4 Å². The van der Waals surface area contributed by atoms with Gasteiger partial charge in [-0.25, -0.2) is 4.79 Å². The molecule has 114 valence electrons. The van der Waals surface area contributed by atoms with Crippen LogP contribution < -0.4 is 10.6 Å². The summed E-state index contributed by atoms with van der Waals surface area (Å²) in [7, 11) is 0. The van der Waals surface area contributed by atoms with Gasteiger partial charge in [-0.1, -0.05) is 0 Å². The molecular weight excluding hydrogens is 256 g/mol. The fourth-order valence-electron chi connectivity index (χ4n) is 1.72. The zero-order valence-electron chi connectivity index (χ0n) is 12.9. The fraction of sp³-hybridized carbons (Fsp3) is 0.714. The number of H-pyrrole nitrogens is 1. The Hall–Kier alpha value is -1.56. The van der Waals surface area contributed by atoms with E-state index in [1.54, 1.807) is 0 Å². The number of amides is 1. The van der Waals surface area contributed by atoms with Crippen molar-refractivity contribution < 1.29 is 9.53 Å². The molecule has 1 aromatic rings. The second-order valence-corrected chi connectivity index (χ2v) is 5.80. The molecule has 0 radical (unpaired) electrons. The molecule has 0 fully saturated rings. The van der Waals surface area contributed by atoms with E-state index in [0.29, 0.717) is 6.54 Å². The molecular formula is C14H26N4O2. The highest BCUT2D eigenvalue weighted by atomic mass is 16.6. The molecule has 1 amide bonds. The molecule has 1 rings (SSSR count). The van der Waals surface area contributed by atoms with Crippen LogP contribution in [0.2, 0.25) is 0 Å². The molecule has 20 heavy (non-hydrogen) atoms. The van der Waals surface area contributed by atoms with Crippen LogP contribution in [0.15, 0.2) is 6.20 Å². The maximum absolute atomic E-state index is 11.4. The minimum absolute atomic E-state index is 0.367. The van der Waals surface area contributed by atoms with Gasteiger partial charge in [0.15, 0.2) is 0 Å². The van der Waals surface area contributed by atoms with E-state index in [1.807, 2.05) is 33.9 Å². The highest BCUT2D eigenvalue weighted by Gasteiger charge is 2.15. The van der Waals surface area contributed by atoms with Crippen molar-refractivity contribution in [1.29, 1.82) is 0 Å². The molecule has 0 aliphatic carbocycles. The van der Waals surface area contributed by atoms with Gasteiger partial charge in [0.1, 0.15) is 5.60 Å². The van der Waals surface area contributed by atoms with Crippen molar-refractivity contribution >= 4 is 6.09 Å². The lowest BCUT2D eigenvalue weighted by molar-refractivity contribution is 0.0528. The lowest BCUT2D eigenvalue weighted by Gasteiger charge is -2.19. The number of carbonyl (C=O) groups excluding carboxylic acids is 1. The molecule has 0 aliphatic rings. The molecule has 1 heterocycles. The number of hydrogen-bond donors (Lipinski definition) is 3. The van der Waals surface area contributed by atoms with Crippen molar-refractivity contribution in [3.63, 3.8) is 0 Å². The number of nitrogens with one attached hydrogen (secondary N) is 3. The minimum Gasteiger partial charge on any atom is -0.444 e. The molecule has 0 aliphatic heterocycles. The molecule has 0 saturated heterocycles. The Morgan fingerprint density at radius 1 is 1.35 bits per heavy atom. The first-order valence-electron chi connectivity index (χ1n) is 7.05. The first-order valence-corrected chi connectivity index (χ1v) is 7.05. The molecule has 6 nitrogen and oxygen atoms in total. The highest BCUT2D eigenvalue weighted by Crippen LogP contribution is 2.06. The summed E-state index contributed by atoms with van der Waals surface area (Å²) in [6.45, 7) is 9.80. The van der Waals surface area contributed by atoms with E-state index in [9.17, 15) is 4.79 Å². The van der Waals surface area contributed by atoms with Gasteiger partial charge in [0.25, 0.3) is 0 Å². The summed E-state index contributed by atoms with van der Waals surface area (Å²) in [4.78, 5) is 11.4. The molecule has 6 heteroatoms. The van der Waals surface area contributed by atoms with Gasteiger partial charge in [-0.2, -0.15) is 5.10 Å². The quantitative estimate of drug-likeness (QED) is 0.666. The first-order chi connectivity index (χ1) is 9.38. The summed E-state index contributed by atoms with van der Waals surface area (Å²) in [6, 6.07) is 0. The van der Waals surface area contributed by atoms with Crippen LogP contribution in [-0.2, 0) is 11.2 Å². The summed E-state index contributed by atoms with van der Waals surface area (Å²) in [5, 5.41) is 12.9. The number of ether oxygens (including phenoxy) is 1. The van der Waals surface area contributed by atoms with Crippen LogP contribution in [0.5, 0.6) is 0 Å². The van der Waals surface area contributed by atoms with Gasteiger partial charge in [0, 0.05) is 18.8 Å². The van der Waals surface area contributed by atoms with E-state index >= 15 is 0 Å². The van der Waals surface area contributed by atoms with Gasteiger partial charge >= 0.3 is 6.09 Å². The number of nitrogens with zero attached hydrogens (tertiary/aromatic N) is 1. The summed E-state index contributed by atoms with van der Waals surface area (Å²) in [5.74, 6) is 0. The van der Waals surface area contributed by atoms with Crippen LogP contribution in [0.25, 0.3) is 0 Å². The lowest BCUT2D eigenvalue weighted by atomic mass is 10.1. The molecule has 0 bridgehead atoms. The predicted octanol–water partition coefficient (Wildman–Crippen LogP) is 1.77. The SMILES string of the molecule is Cc1[nH]ncc1CCCNCCNC(=O)OC(C)(C)C. The lowest BCUT2D eigenvalue weighted by Crippen LogP contribution is -2.36. The van der Waals surface area contributed by atoms with Crippen molar-refractivity contribution in [3.05, 3.63) is 17.5 Å². The zero-order chi connectivity index (χ0) is 15.0. The van der Waals surface area contributed by atoms with Crippen molar-refractivity contribution in [3.8, 4) is 0 Å². The topological polar surface area (TPSA) is 79.0 Å². The predicted molar refractivity (Wildman–Crippen MR) is 78.8 cm³/mol. The van der Waals surface area contributed by atoms with Gasteiger partial charge in [-0.15, -0.1) is 0 Å². The Kier molecular flexibility index (Phi) is 6.51. The average molecular weight is 282 g/mol. The van der Waals surface area contributed by atoms with Gasteiger partial charge in [0.05, 0.1) is 6.20 Å².